The number of carbonyl (C=O) groups excluding carboxylic acids is 1. The highest BCUT2D eigenvalue weighted by atomic mass is 31.0. The fourth-order valence-corrected chi connectivity index (χ4v) is 2.06. The Kier molecular flexibility index (Phi) is 5.24. The number of esters is 1. The second-order valence-corrected chi connectivity index (χ2v) is 6.34. The minimum atomic E-state index is 0.0263. The zero-order chi connectivity index (χ0) is 12.2. The molecule has 1 atom stereocenters. The van der Waals surface area contributed by atoms with Crippen molar-refractivity contribution in [2.45, 2.75) is 46.5 Å². The van der Waals surface area contributed by atoms with Crippen LogP contribution in [0.5, 0.6) is 0 Å². The molecule has 1 fully saturated rings. The Hall–Kier alpha value is -0.100. The van der Waals surface area contributed by atoms with Gasteiger partial charge in [-0.1, -0.05) is 20.8 Å². The Morgan fingerprint density at radius 2 is 1.88 bits per heavy atom. The molecule has 16 heavy (non-hydrogen) atoms. The van der Waals surface area contributed by atoms with Gasteiger partial charge in [0, 0.05) is 5.41 Å². The van der Waals surface area contributed by atoms with Gasteiger partial charge in [-0.25, -0.2) is 0 Å². The molecule has 2 nitrogen and oxygen atoms in total. The topological polar surface area (TPSA) is 26.3 Å². The SMILES string of the molecule is CC1CCC(C(=O)OCC(C)(C)CP)CC1. The van der Waals surface area contributed by atoms with Crippen LogP contribution in [0.2, 0.25) is 0 Å². The predicted molar refractivity (Wildman–Crippen MR) is 70.4 cm³/mol. The summed E-state index contributed by atoms with van der Waals surface area (Å²) in [5, 5.41) is 0. The minimum Gasteiger partial charge on any atom is -0.465 e. The summed E-state index contributed by atoms with van der Waals surface area (Å²) in [4.78, 5) is 11.8. The summed E-state index contributed by atoms with van der Waals surface area (Å²) in [6.45, 7) is 7.05. The average Bonchev–Trinajstić information content (AvgIpc) is 2.27. The van der Waals surface area contributed by atoms with E-state index in [1.807, 2.05) is 0 Å². The largest absolute Gasteiger partial charge is 0.465 e. The van der Waals surface area contributed by atoms with E-state index in [1.54, 1.807) is 0 Å². The van der Waals surface area contributed by atoms with Gasteiger partial charge in [0.1, 0.15) is 0 Å². The summed E-state index contributed by atoms with van der Waals surface area (Å²) in [7, 11) is 2.71. The number of hydrogen-bond acceptors (Lipinski definition) is 2. The minimum absolute atomic E-state index is 0.0263. The highest BCUT2D eigenvalue weighted by Gasteiger charge is 2.27. The van der Waals surface area contributed by atoms with Crippen LogP contribution in [-0.4, -0.2) is 18.7 Å². The van der Waals surface area contributed by atoms with Crippen LogP contribution in [-0.2, 0) is 9.53 Å². The van der Waals surface area contributed by atoms with Crippen LogP contribution in [0.4, 0.5) is 0 Å². The molecule has 3 heteroatoms. The van der Waals surface area contributed by atoms with Gasteiger partial charge >= 0.3 is 5.97 Å². The highest BCUT2D eigenvalue weighted by Crippen LogP contribution is 2.29. The van der Waals surface area contributed by atoms with Crippen molar-refractivity contribution < 1.29 is 9.53 Å². The monoisotopic (exact) mass is 244 g/mol. The summed E-state index contributed by atoms with van der Waals surface area (Å²) in [6.07, 6.45) is 5.34. The number of hydrogen-bond donors (Lipinski definition) is 0. The van der Waals surface area contributed by atoms with Gasteiger partial charge < -0.3 is 4.74 Å². The van der Waals surface area contributed by atoms with Gasteiger partial charge in [-0.05, 0) is 37.8 Å². The summed E-state index contributed by atoms with van der Waals surface area (Å²) < 4.78 is 5.42. The molecule has 1 saturated carbocycles. The number of carbonyl (C=O) groups is 1. The van der Waals surface area contributed by atoms with E-state index in [2.05, 4.69) is 30.0 Å². The molecule has 1 unspecified atom stereocenters. The first kappa shape index (κ1) is 14.0. The summed E-state index contributed by atoms with van der Waals surface area (Å²) in [6, 6.07) is 0. The van der Waals surface area contributed by atoms with Crippen molar-refractivity contribution in [3.63, 3.8) is 0 Å². The molecule has 0 aromatic heterocycles. The third-order valence-electron chi connectivity index (χ3n) is 3.51. The van der Waals surface area contributed by atoms with Crippen LogP contribution in [0.25, 0.3) is 0 Å². The van der Waals surface area contributed by atoms with Crippen LogP contribution in [0, 0.1) is 17.3 Å². The molecule has 0 bridgehead atoms. The molecule has 0 heterocycles. The predicted octanol–water partition coefficient (Wildman–Crippen LogP) is 3.26. The van der Waals surface area contributed by atoms with E-state index in [1.165, 1.54) is 12.8 Å². The number of ether oxygens (including phenoxy) is 1. The average molecular weight is 244 g/mol. The van der Waals surface area contributed by atoms with E-state index >= 15 is 0 Å². The first-order valence-corrected chi connectivity index (χ1v) is 7.13. The Bertz CT molecular complexity index is 230. The van der Waals surface area contributed by atoms with Gasteiger partial charge in [0.05, 0.1) is 12.5 Å². The molecular formula is C13H25O2P. The van der Waals surface area contributed by atoms with Crippen molar-refractivity contribution in [2.24, 2.45) is 17.3 Å². The molecule has 0 aliphatic heterocycles. The zero-order valence-corrected chi connectivity index (χ0v) is 11.9. The smallest absolute Gasteiger partial charge is 0.308 e. The van der Waals surface area contributed by atoms with Crippen LogP contribution in [0.3, 0.4) is 0 Å². The molecule has 0 amide bonds. The van der Waals surface area contributed by atoms with Crippen LogP contribution in [0.15, 0.2) is 0 Å². The molecule has 0 aromatic carbocycles. The second kappa shape index (κ2) is 6.00. The normalized spacial score (nSPS) is 26.5. The molecule has 0 spiro atoms. The van der Waals surface area contributed by atoms with E-state index in [0.29, 0.717) is 6.61 Å². The molecule has 0 radical (unpaired) electrons. The first-order chi connectivity index (χ1) is 7.44. The van der Waals surface area contributed by atoms with Gasteiger partial charge in [-0.2, -0.15) is 0 Å². The number of rotatable bonds is 4. The summed E-state index contributed by atoms with van der Waals surface area (Å²) >= 11 is 0. The highest BCUT2D eigenvalue weighted by molar-refractivity contribution is 7.16. The zero-order valence-electron chi connectivity index (χ0n) is 10.8. The maximum absolute atomic E-state index is 11.8. The molecule has 1 aliphatic rings. The molecule has 0 aromatic rings. The van der Waals surface area contributed by atoms with E-state index in [0.717, 1.165) is 24.9 Å². The lowest BCUT2D eigenvalue weighted by Crippen LogP contribution is -2.28. The lowest BCUT2D eigenvalue weighted by molar-refractivity contribution is -0.152. The van der Waals surface area contributed by atoms with E-state index in [4.69, 9.17) is 4.74 Å². The fourth-order valence-electron chi connectivity index (χ4n) is 1.94. The molecular weight excluding hydrogens is 219 g/mol. The van der Waals surface area contributed by atoms with Crippen molar-refractivity contribution in [3.8, 4) is 0 Å². The fraction of sp³-hybridized carbons (Fsp3) is 0.923. The molecule has 0 N–H and O–H groups in total. The van der Waals surface area contributed by atoms with E-state index < -0.39 is 0 Å². The summed E-state index contributed by atoms with van der Waals surface area (Å²) in [5.41, 5.74) is 0.0856. The van der Waals surface area contributed by atoms with E-state index in [-0.39, 0.29) is 17.3 Å². The quantitative estimate of drug-likeness (QED) is 0.560. The molecule has 94 valence electrons. The van der Waals surface area contributed by atoms with Gasteiger partial charge in [-0.3, -0.25) is 4.79 Å². The first-order valence-electron chi connectivity index (χ1n) is 6.31. The van der Waals surface area contributed by atoms with Crippen molar-refractivity contribution in [2.75, 3.05) is 12.8 Å². The van der Waals surface area contributed by atoms with E-state index in [9.17, 15) is 4.79 Å². The molecule has 1 rings (SSSR count). The Balaban J connectivity index is 2.30. The Labute approximate surface area is 102 Å². The Morgan fingerprint density at radius 1 is 1.31 bits per heavy atom. The summed E-state index contributed by atoms with van der Waals surface area (Å²) in [5.74, 6) is 0.975. The van der Waals surface area contributed by atoms with Crippen molar-refractivity contribution in [1.29, 1.82) is 0 Å². The molecule has 1 aliphatic carbocycles. The lowest BCUT2D eigenvalue weighted by Gasteiger charge is -2.27. The van der Waals surface area contributed by atoms with Crippen molar-refractivity contribution in [3.05, 3.63) is 0 Å². The van der Waals surface area contributed by atoms with Gasteiger partial charge in [0.2, 0.25) is 0 Å². The van der Waals surface area contributed by atoms with Crippen molar-refractivity contribution in [1.82, 2.24) is 0 Å². The van der Waals surface area contributed by atoms with Crippen LogP contribution < -0.4 is 0 Å². The maximum atomic E-state index is 11.8. The lowest BCUT2D eigenvalue weighted by atomic mass is 9.83. The van der Waals surface area contributed by atoms with Crippen LogP contribution in [0.1, 0.15) is 46.5 Å². The Morgan fingerprint density at radius 3 is 2.38 bits per heavy atom. The van der Waals surface area contributed by atoms with Gasteiger partial charge in [-0.15, -0.1) is 9.24 Å². The standard InChI is InChI=1S/C13H25O2P/c1-10-4-6-11(7-5-10)12(14)15-8-13(2,3)9-16/h10-11H,4-9,16H2,1-3H3. The maximum Gasteiger partial charge on any atom is 0.308 e. The molecule has 0 saturated heterocycles. The van der Waals surface area contributed by atoms with Crippen molar-refractivity contribution >= 4 is 15.2 Å². The van der Waals surface area contributed by atoms with Crippen LogP contribution >= 0.6 is 9.24 Å². The third kappa shape index (κ3) is 4.41. The second-order valence-electron chi connectivity index (χ2n) is 5.93. The van der Waals surface area contributed by atoms with Gasteiger partial charge in [0.15, 0.2) is 0 Å². The van der Waals surface area contributed by atoms with Gasteiger partial charge in [0.25, 0.3) is 0 Å². The third-order valence-corrected chi connectivity index (χ3v) is 4.61.